The molecule has 0 aromatic carbocycles. The van der Waals surface area contributed by atoms with Gasteiger partial charge in [0.05, 0.1) is 18.0 Å². The SMILES string of the molecule is CNC(=O)Cc1csc(NC(=O)C2CCCN(c3cc(-n4cncn4)ncn3)C2)n1. The fourth-order valence-corrected chi connectivity index (χ4v) is 3.98. The molecule has 2 amide bonds. The van der Waals surface area contributed by atoms with Gasteiger partial charge in [0, 0.05) is 31.6 Å². The summed E-state index contributed by atoms with van der Waals surface area (Å²) in [6.07, 6.45) is 6.37. The van der Waals surface area contributed by atoms with Gasteiger partial charge >= 0.3 is 0 Å². The van der Waals surface area contributed by atoms with Crippen molar-refractivity contribution < 1.29 is 9.59 Å². The van der Waals surface area contributed by atoms with Crippen LogP contribution in [0.5, 0.6) is 0 Å². The molecule has 1 fully saturated rings. The molecule has 0 bridgehead atoms. The summed E-state index contributed by atoms with van der Waals surface area (Å²) in [7, 11) is 1.58. The van der Waals surface area contributed by atoms with Gasteiger partial charge in [-0.05, 0) is 12.8 Å². The lowest BCUT2D eigenvalue weighted by molar-refractivity contribution is -0.120. The van der Waals surface area contributed by atoms with Gasteiger partial charge in [0.15, 0.2) is 10.9 Å². The highest BCUT2D eigenvalue weighted by atomic mass is 32.1. The maximum Gasteiger partial charge on any atom is 0.231 e. The number of nitrogens with one attached hydrogen (secondary N) is 2. The maximum absolute atomic E-state index is 12.8. The number of likely N-dealkylation sites (N-methyl/N-ethyl adjacent to an activating group) is 1. The second-order valence-corrected chi connectivity index (χ2v) is 7.70. The monoisotopic (exact) mass is 427 g/mol. The highest BCUT2D eigenvalue weighted by Crippen LogP contribution is 2.24. The Hall–Kier alpha value is -3.41. The molecule has 0 radical (unpaired) electrons. The summed E-state index contributed by atoms with van der Waals surface area (Å²) in [4.78, 5) is 43.2. The third-order valence-electron chi connectivity index (χ3n) is 4.81. The summed E-state index contributed by atoms with van der Waals surface area (Å²) >= 11 is 1.32. The first kappa shape index (κ1) is 19.9. The van der Waals surface area contributed by atoms with Crippen LogP contribution < -0.4 is 15.5 Å². The van der Waals surface area contributed by atoms with E-state index in [4.69, 9.17) is 0 Å². The van der Waals surface area contributed by atoms with Gasteiger partial charge in [-0.15, -0.1) is 11.3 Å². The van der Waals surface area contributed by atoms with Gasteiger partial charge in [-0.1, -0.05) is 0 Å². The second kappa shape index (κ2) is 8.95. The third kappa shape index (κ3) is 4.59. The first-order valence-electron chi connectivity index (χ1n) is 9.50. The topological polar surface area (TPSA) is 131 Å². The summed E-state index contributed by atoms with van der Waals surface area (Å²) in [5, 5.41) is 11.8. The van der Waals surface area contributed by atoms with Crippen LogP contribution in [-0.4, -0.2) is 61.7 Å². The molecule has 1 saturated heterocycles. The molecule has 12 heteroatoms. The first-order chi connectivity index (χ1) is 14.6. The zero-order valence-electron chi connectivity index (χ0n) is 16.4. The highest BCUT2D eigenvalue weighted by molar-refractivity contribution is 7.13. The summed E-state index contributed by atoms with van der Waals surface area (Å²) in [6, 6.07) is 1.83. The van der Waals surface area contributed by atoms with Crippen LogP contribution in [0.25, 0.3) is 5.82 Å². The third-order valence-corrected chi connectivity index (χ3v) is 5.62. The van der Waals surface area contributed by atoms with E-state index < -0.39 is 0 Å². The van der Waals surface area contributed by atoms with Crippen molar-refractivity contribution in [3.8, 4) is 5.82 Å². The lowest BCUT2D eigenvalue weighted by atomic mass is 9.97. The van der Waals surface area contributed by atoms with E-state index in [-0.39, 0.29) is 24.2 Å². The fourth-order valence-electron chi connectivity index (χ4n) is 3.27. The molecule has 4 heterocycles. The molecule has 156 valence electrons. The molecule has 0 saturated carbocycles. The molecule has 1 atom stereocenters. The van der Waals surface area contributed by atoms with Gasteiger partial charge in [-0.25, -0.2) is 24.6 Å². The normalized spacial score (nSPS) is 16.3. The molecule has 1 aliphatic heterocycles. The fraction of sp³-hybridized carbons (Fsp3) is 0.389. The van der Waals surface area contributed by atoms with E-state index in [0.717, 1.165) is 25.2 Å². The predicted octanol–water partition coefficient (Wildman–Crippen LogP) is 0.657. The van der Waals surface area contributed by atoms with E-state index in [1.807, 2.05) is 6.07 Å². The molecular weight excluding hydrogens is 406 g/mol. The zero-order chi connectivity index (χ0) is 20.9. The molecule has 11 nitrogen and oxygen atoms in total. The van der Waals surface area contributed by atoms with Crippen LogP contribution in [0.3, 0.4) is 0 Å². The van der Waals surface area contributed by atoms with Crippen LogP contribution in [0.4, 0.5) is 10.9 Å². The average Bonchev–Trinajstić information content (AvgIpc) is 3.46. The van der Waals surface area contributed by atoms with Crippen molar-refractivity contribution in [3.05, 3.63) is 36.1 Å². The number of anilines is 2. The minimum absolute atomic E-state index is 0.0777. The van der Waals surface area contributed by atoms with Crippen LogP contribution in [0.15, 0.2) is 30.4 Å². The van der Waals surface area contributed by atoms with Gasteiger partial charge in [-0.3, -0.25) is 9.59 Å². The Bertz CT molecular complexity index is 1020. The number of piperidine rings is 1. The lowest BCUT2D eigenvalue weighted by Gasteiger charge is -2.32. The van der Waals surface area contributed by atoms with E-state index in [1.165, 1.54) is 24.0 Å². The number of amides is 2. The Morgan fingerprint density at radius 3 is 2.93 bits per heavy atom. The van der Waals surface area contributed by atoms with Gasteiger partial charge < -0.3 is 15.5 Å². The number of thiazole rings is 1. The van der Waals surface area contributed by atoms with Crippen LogP contribution in [-0.2, 0) is 16.0 Å². The summed E-state index contributed by atoms with van der Waals surface area (Å²) < 4.78 is 1.57. The van der Waals surface area contributed by atoms with Gasteiger partial charge in [0.1, 0.15) is 24.8 Å². The molecule has 0 aliphatic carbocycles. The summed E-state index contributed by atoms with van der Waals surface area (Å²) in [5.41, 5.74) is 0.640. The molecule has 1 aliphatic rings. The van der Waals surface area contributed by atoms with Crippen molar-refractivity contribution >= 4 is 34.1 Å². The average molecular weight is 427 g/mol. The van der Waals surface area contributed by atoms with Gasteiger partial charge in [0.2, 0.25) is 11.8 Å². The smallest absolute Gasteiger partial charge is 0.231 e. The van der Waals surface area contributed by atoms with Gasteiger partial charge in [0.25, 0.3) is 0 Å². The number of rotatable bonds is 6. The lowest BCUT2D eigenvalue weighted by Crippen LogP contribution is -2.41. The first-order valence-corrected chi connectivity index (χ1v) is 10.4. The minimum atomic E-state index is -0.185. The Morgan fingerprint density at radius 1 is 1.27 bits per heavy atom. The van der Waals surface area contributed by atoms with Crippen molar-refractivity contribution in [2.45, 2.75) is 19.3 Å². The van der Waals surface area contributed by atoms with E-state index >= 15 is 0 Å². The number of nitrogens with zero attached hydrogens (tertiary/aromatic N) is 7. The summed E-state index contributed by atoms with van der Waals surface area (Å²) in [6.45, 7) is 1.36. The molecule has 0 spiro atoms. The largest absolute Gasteiger partial charge is 0.359 e. The van der Waals surface area contributed by atoms with E-state index in [1.54, 1.807) is 23.4 Å². The standard InChI is InChI=1S/C18H21N9O2S/c1-19-16(28)5-13-8-30-18(24-13)25-17(29)12-3-2-4-26(7-12)14-6-15(22-10-21-14)27-11-20-9-23-27/h6,8-12H,2-5,7H2,1H3,(H,19,28)(H,24,25,29). The quantitative estimate of drug-likeness (QED) is 0.587. The number of carbonyl (C=O) groups excluding carboxylic acids is 2. The molecule has 4 rings (SSSR count). The van der Waals surface area contributed by atoms with Crippen LogP contribution in [0, 0.1) is 5.92 Å². The number of hydrogen-bond donors (Lipinski definition) is 2. The Labute approximate surface area is 176 Å². The van der Waals surface area contributed by atoms with Crippen LogP contribution in [0.1, 0.15) is 18.5 Å². The van der Waals surface area contributed by atoms with Crippen LogP contribution in [0.2, 0.25) is 0 Å². The molecule has 3 aromatic heterocycles. The number of aromatic nitrogens is 6. The Balaban J connectivity index is 1.40. The number of carbonyl (C=O) groups is 2. The van der Waals surface area contributed by atoms with Crippen molar-refractivity contribution in [1.29, 1.82) is 0 Å². The maximum atomic E-state index is 12.8. The molecule has 30 heavy (non-hydrogen) atoms. The van der Waals surface area contributed by atoms with E-state index in [9.17, 15) is 9.59 Å². The summed E-state index contributed by atoms with van der Waals surface area (Å²) in [5.74, 6) is 0.989. The molecule has 3 aromatic rings. The zero-order valence-corrected chi connectivity index (χ0v) is 17.2. The van der Waals surface area contributed by atoms with E-state index in [2.05, 4.69) is 40.6 Å². The molecule has 2 N–H and O–H groups in total. The van der Waals surface area contributed by atoms with Gasteiger partial charge in [-0.2, -0.15) is 5.10 Å². The Morgan fingerprint density at radius 2 is 2.13 bits per heavy atom. The molecule has 1 unspecified atom stereocenters. The Kier molecular flexibility index (Phi) is 5.93. The number of hydrogen-bond acceptors (Lipinski definition) is 9. The minimum Gasteiger partial charge on any atom is -0.359 e. The van der Waals surface area contributed by atoms with E-state index in [0.29, 0.717) is 23.2 Å². The highest BCUT2D eigenvalue weighted by Gasteiger charge is 2.27. The second-order valence-electron chi connectivity index (χ2n) is 6.84. The van der Waals surface area contributed by atoms with Crippen molar-refractivity contribution in [2.24, 2.45) is 5.92 Å². The molecular formula is C18H21N9O2S. The van der Waals surface area contributed by atoms with Crippen molar-refractivity contribution in [2.75, 3.05) is 30.4 Å². The van der Waals surface area contributed by atoms with Crippen molar-refractivity contribution in [1.82, 2.24) is 35.0 Å². The van der Waals surface area contributed by atoms with Crippen LogP contribution >= 0.6 is 11.3 Å². The van der Waals surface area contributed by atoms with Crippen molar-refractivity contribution in [3.63, 3.8) is 0 Å². The predicted molar refractivity (Wildman–Crippen MR) is 110 cm³/mol.